The number of fused-ring (bicyclic) bond motifs is 6. The molecule has 248 valence electrons. The summed E-state index contributed by atoms with van der Waals surface area (Å²) in [7, 11) is 0. The Hall–Kier alpha value is -6.58. The van der Waals surface area contributed by atoms with Gasteiger partial charge >= 0.3 is 0 Å². The second-order valence-electron chi connectivity index (χ2n) is 14.2. The molecule has 52 heavy (non-hydrogen) atoms. The van der Waals surface area contributed by atoms with Crippen LogP contribution >= 0.6 is 0 Å². The Labute approximate surface area is 304 Å². The molecular weight excluding hydrogens is 633 g/mol. The van der Waals surface area contributed by atoms with Crippen molar-refractivity contribution in [2.24, 2.45) is 0 Å². The number of rotatable bonds is 5. The molecule has 8 aromatic carbocycles. The molecule has 0 atom stereocenters. The number of para-hydroxylation sites is 3. The van der Waals surface area contributed by atoms with Gasteiger partial charge in [-0.1, -0.05) is 141 Å². The van der Waals surface area contributed by atoms with E-state index in [0.717, 1.165) is 62.2 Å². The first-order valence-corrected chi connectivity index (χ1v) is 17.9. The number of hydrogen-bond acceptors (Lipinski definition) is 3. The van der Waals surface area contributed by atoms with E-state index >= 15 is 0 Å². The lowest BCUT2D eigenvalue weighted by Gasteiger charge is -2.45. The van der Waals surface area contributed by atoms with Gasteiger partial charge in [-0.25, -0.2) is 0 Å². The maximum Gasteiger partial charge on any atom is 0.159 e. The fourth-order valence-corrected chi connectivity index (χ4v) is 8.27. The quantitative estimate of drug-likeness (QED) is 0.182. The van der Waals surface area contributed by atoms with Crippen molar-refractivity contribution in [3.63, 3.8) is 0 Å². The minimum atomic E-state index is -0.215. The van der Waals surface area contributed by atoms with E-state index in [0.29, 0.717) is 0 Å². The third-order valence-electron chi connectivity index (χ3n) is 10.8. The molecule has 0 radical (unpaired) electrons. The molecule has 0 bridgehead atoms. The van der Waals surface area contributed by atoms with Crippen LogP contribution in [0.4, 0.5) is 34.1 Å². The smallest absolute Gasteiger partial charge is 0.159 e. The Balaban J connectivity index is 1.13. The zero-order chi connectivity index (χ0) is 34.8. The first kappa shape index (κ1) is 30.3. The highest BCUT2D eigenvalue weighted by atomic mass is 16.5. The highest BCUT2D eigenvalue weighted by Crippen LogP contribution is 2.63. The lowest BCUT2D eigenvalue weighted by molar-refractivity contribution is 0.474. The highest BCUT2D eigenvalue weighted by Gasteiger charge is 2.42. The Morgan fingerprint density at radius 1 is 0.481 bits per heavy atom. The number of benzene rings is 8. The van der Waals surface area contributed by atoms with Crippen molar-refractivity contribution in [2.45, 2.75) is 19.3 Å². The zero-order valence-corrected chi connectivity index (χ0v) is 29.1. The van der Waals surface area contributed by atoms with Crippen LogP contribution < -0.4 is 14.5 Å². The molecule has 0 aromatic heterocycles. The van der Waals surface area contributed by atoms with Gasteiger partial charge in [-0.2, -0.15) is 0 Å². The van der Waals surface area contributed by atoms with Crippen molar-refractivity contribution >= 4 is 44.9 Å². The molecular formula is C49H36N2O. The molecule has 0 saturated heterocycles. The van der Waals surface area contributed by atoms with Crippen LogP contribution in [0.2, 0.25) is 0 Å². The Kier molecular flexibility index (Phi) is 6.84. The van der Waals surface area contributed by atoms with Crippen molar-refractivity contribution in [3.8, 4) is 33.8 Å². The van der Waals surface area contributed by atoms with Crippen LogP contribution in [0.15, 0.2) is 182 Å². The second kappa shape index (κ2) is 11.8. The van der Waals surface area contributed by atoms with Gasteiger partial charge in [0.05, 0.1) is 17.1 Å². The molecule has 8 aromatic rings. The van der Waals surface area contributed by atoms with Crippen LogP contribution in [0.3, 0.4) is 0 Å². The van der Waals surface area contributed by atoms with Gasteiger partial charge < -0.3 is 14.5 Å². The standard InChI is InChI=1S/C49H36N2O/c1-49(2)42-25-11-12-26-44(42)51-46-40-24-10-9-15-33(40)27-30-45(46)52-48-41(28-29-43(49)47(48)51)36-18-13-16-34(31-36)35-17-14-23-39(32-35)50(37-19-5-3-6-20-37)38-21-7-4-8-22-38/h3-32H,1-2H3. The fraction of sp³-hybridized carbons (Fsp3) is 0.0612. The molecule has 2 heterocycles. The van der Waals surface area contributed by atoms with Gasteiger partial charge in [-0.3, -0.25) is 0 Å². The van der Waals surface area contributed by atoms with E-state index in [9.17, 15) is 0 Å². The van der Waals surface area contributed by atoms with E-state index in [-0.39, 0.29) is 5.41 Å². The molecule has 0 unspecified atom stereocenters. The molecule has 0 fully saturated rings. The molecule has 0 spiro atoms. The van der Waals surface area contributed by atoms with Crippen LogP contribution in [0.1, 0.15) is 25.0 Å². The Bertz CT molecular complexity index is 2600. The summed E-state index contributed by atoms with van der Waals surface area (Å²) in [4.78, 5) is 4.77. The molecule has 0 amide bonds. The van der Waals surface area contributed by atoms with Crippen LogP contribution in [0.5, 0.6) is 11.5 Å². The summed E-state index contributed by atoms with van der Waals surface area (Å²) in [6.07, 6.45) is 0. The minimum Gasteiger partial charge on any atom is -0.452 e. The van der Waals surface area contributed by atoms with E-state index in [1.54, 1.807) is 0 Å². The third kappa shape index (κ3) is 4.66. The average molecular weight is 669 g/mol. The monoisotopic (exact) mass is 668 g/mol. The van der Waals surface area contributed by atoms with Gasteiger partial charge in [0, 0.05) is 33.4 Å². The molecule has 2 aliphatic heterocycles. The topological polar surface area (TPSA) is 15.7 Å². The first-order chi connectivity index (χ1) is 25.6. The number of ether oxygens (including phenoxy) is 1. The third-order valence-corrected chi connectivity index (χ3v) is 10.8. The summed E-state index contributed by atoms with van der Waals surface area (Å²) < 4.78 is 7.07. The maximum atomic E-state index is 7.07. The van der Waals surface area contributed by atoms with E-state index in [2.05, 4.69) is 206 Å². The first-order valence-electron chi connectivity index (χ1n) is 17.9. The van der Waals surface area contributed by atoms with Crippen LogP contribution in [-0.4, -0.2) is 0 Å². The lowest BCUT2D eigenvalue weighted by atomic mass is 9.72. The van der Waals surface area contributed by atoms with E-state index in [1.165, 1.54) is 27.6 Å². The van der Waals surface area contributed by atoms with E-state index < -0.39 is 0 Å². The van der Waals surface area contributed by atoms with Crippen molar-refractivity contribution in [1.29, 1.82) is 0 Å². The SMILES string of the molecule is CC1(C)c2ccccc2N2c3c1ccc(-c1cccc(-c4cccc(N(c5ccccc5)c5ccccc5)c4)c1)c3Oc1ccc3ccccc3c12. The van der Waals surface area contributed by atoms with Crippen molar-refractivity contribution in [1.82, 2.24) is 0 Å². The van der Waals surface area contributed by atoms with E-state index in [1.807, 2.05) is 0 Å². The predicted octanol–water partition coefficient (Wildman–Crippen LogP) is 13.9. The summed E-state index contributed by atoms with van der Waals surface area (Å²) in [6.45, 7) is 4.66. The van der Waals surface area contributed by atoms with Crippen LogP contribution in [0.25, 0.3) is 33.0 Å². The normalized spacial score (nSPS) is 13.5. The van der Waals surface area contributed by atoms with Gasteiger partial charge in [0.15, 0.2) is 11.5 Å². The lowest BCUT2D eigenvalue weighted by Crippen LogP contribution is -2.32. The summed E-state index contributed by atoms with van der Waals surface area (Å²) in [5.74, 6) is 1.76. The number of anilines is 6. The van der Waals surface area contributed by atoms with E-state index in [4.69, 9.17) is 4.74 Å². The van der Waals surface area contributed by atoms with Gasteiger partial charge in [-0.15, -0.1) is 0 Å². The molecule has 3 heteroatoms. The number of nitrogens with zero attached hydrogens (tertiary/aromatic N) is 2. The Morgan fingerprint density at radius 3 is 1.90 bits per heavy atom. The van der Waals surface area contributed by atoms with Gasteiger partial charge in [0.2, 0.25) is 0 Å². The predicted molar refractivity (Wildman–Crippen MR) is 216 cm³/mol. The molecule has 10 rings (SSSR count). The fourth-order valence-electron chi connectivity index (χ4n) is 8.27. The average Bonchev–Trinajstić information content (AvgIpc) is 3.20. The van der Waals surface area contributed by atoms with Crippen LogP contribution in [-0.2, 0) is 5.41 Å². The summed E-state index contributed by atoms with van der Waals surface area (Å²) in [5, 5.41) is 2.37. The molecule has 2 aliphatic rings. The molecule has 0 N–H and O–H groups in total. The summed E-state index contributed by atoms with van der Waals surface area (Å²) in [5.41, 5.74) is 13.6. The highest BCUT2D eigenvalue weighted by molar-refractivity contribution is 6.07. The molecule has 3 nitrogen and oxygen atoms in total. The maximum absolute atomic E-state index is 7.07. The van der Waals surface area contributed by atoms with Gasteiger partial charge in [-0.05, 0) is 87.8 Å². The Morgan fingerprint density at radius 2 is 1.12 bits per heavy atom. The van der Waals surface area contributed by atoms with Crippen molar-refractivity contribution in [2.75, 3.05) is 9.80 Å². The van der Waals surface area contributed by atoms with Gasteiger partial charge in [0.25, 0.3) is 0 Å². The summed E-state index contributed by atoms with van der Waals surface area (Å²) in [6, 6.07) is 65.2. The van der Waals surface area contributed by atoms with Crippen molar-refractivity contribution in [3.05, 3.63) is 193 Å². The van der Waals surface area contributed by atoms with Crippen molar-refractivity contribution < 1.29 is 4.74 Å². The van der Waals surface area contributed by atoms with Crippen LogP contribution in [0, 0.1) is 0 Å². The largest absolute Gasteiger partial charge is 0.452 e. The molecule has 0 aliphatic carbocycles. The second-order valence-corrected chi connectivity index (χ2v) is 14.2. The minimum absolute atomic E-state index is 0.215. The number of hydrogen-bond donors (Lipinski definition) is 0. The zero-order valence-electron chi connectivity index (χ0n) is 29.1. The molecule has 0 saturated carbocycles. The van der Waals surface area contributed by atoms with Gasteiger partial charge in [0.1, 0.15) is 0 Å². The summed E-state index contributed by atoms with van der Waals surface area (Å²) >= 11 is 0.